The lowest BCUT2D eigenvalue weighted by Crippen LogP contribution is -2.25. The van der Waals surface area contributed by atoms with Gasteiger partial charge in [-0.3, -0.25) is 4.79 Å². The summed E-state index contributed by atoms with van der Waals surface area (Å²) >= 11 is 0. The predicted molar refractivity (Wildman–Crippen MR) is 146 cm³/mol. The van der Waals surface area contributed by atoms with Crippen molar-refractivity contribution in [3.63, 3.8) is 0 Å². The molecule has 1 N–H and O–H groups in total. The van der Waals surface area contributed by atoms with Gasteiger partial charge in [0.05, 0.1) is 24.0 Å². The van der Waals surface area contributed by atoms with Gasteiger partial charge in [-0.1, -0.05) is 68.5 Å². The van der Waals surface area contributed by atoms with Crippen LogP contribution in [-0.4, -0.2) is 15.5 Å². The maximum atomic E-state index is 13.0. The Balaban J connectivity index is 1.53. The van der Waals surface area contributed by atoms with Crippen molar-refractivity contribution in [2.45, 2.75) is 65.7 Å². The van der Waals surface area contributed by atoms with Crippen molar-refractivity contribution in [3.8, 4) is 0 Å². The van der Waals surface area contributed by atoms with Crippen LogP contribution in [0.2, 0.25) is 0 Å². The van der Waals surface area contributed by atoms with E-state index in [-0.39, 0.29) is 16.9 Å². The van der Waals surface area contributed by atoms with Gasteiger partial charge in [0.25, 0.3) is 0 Å². The minimum Gasteiger partial charge on any atom is -0.346 e. The first-order chi connectivity index (χ1) is 17.9. The third kappa shape index (κ3) is 7.46. The Kier molecular flexibility index (Phi) is 9.36. The van der Waals surface area contributed by atoms with E-state index in [1.807, 2.05) is 43.0 Å². The summed E-state index contributed by atoms with van der Waals surface area (Å²) in [5.74, 6) is -0.321. The predicted octanol–water partition coefficient (Wildman–Crippen LogP) is 7.99. The van der Waals surface area contributed by atoms with E-state index >= 15 is 0 Å². The Labute approximate surface area is 223 Å². The van der Waals surface area contributed by atoms with Crippen LogP contribution in [0, 0.1) is 12.3 Å². The molecule has 0 saturated heterocycles. The second kappa shape index (κ2) is 12.3. The zero-order chi connectivity index (χ0) is 27.9. The molecule has 2 aromatic rings. The van der Waals surface area contributed by atoms with Crippen LogP contribution in [0.3, 0.4) is 0 Å². The van der Waals surface area contributed by atoms with Gasteiger partial charge in [0.2, 0.25) is 5.91 Å². The molecular formula is C31H36F3N3O. The number of aryl methyl sites for hydroxylation is 1. The molecule has 38 heavy (non-hydrogen) atoms. The minimum atomic E-state index is -4.39. The lowest BCUT2D eigenvalue weighted by Gasteiger charge is -2.37. The molecule has 1 heterocycles. The van der Waals surface area contributed by atoms with Crippen LogP contribution in [0.1, 0.15) is 69.3 Å². The molecule has 0 aliphatic heterocycles. The summed E-state index contributed by atoms with van der Waals surface area (Å²) in [5, 5.41) is 2.77. The van der Waals surface area contributed by atoms with Crippen molar-refractivity contribution in [2.75, 3.05) is 0 Å². The van der Waals surface area contributed by atoms with E-state index in [0.29, 0.717) is 11.6 Å². The van der Waals surface area contributed by atoms with Gasteiger partial charge in [-0.2, -0.15) is 13.2 Å². The maximum absolute atomic E-state index is 13.0. The van der Waals surface area contributed by atoms with E-state index < -0.39 is 17.8 Å². The molecule has 3 rings (SSSR count). The summed E-state index contributed by atoms with van der Waals surface area (Å²) in [4.78, 5) is 16.4. The highest BCUT2D eigenvalue weighted by atomic mass is 19.4. The number of hydrogen-bond donors (Lipinski definition) is 1. The van der Waals surface area contributed by atoms with Gasteiger partial charge >= 0.3 is 6.18 Å². The summed E-state index contributed by atoms with van der Waals surface area (Å²) in [6.07, 6.45) is 18.2. The van der Waals surface area contributed by atoms with Crippen LogP contribution in [0.5, 0.6) is 0 Å². The molecule has 4 nitrogen and oxygen atoms in total. The molecular weight excluding hydrogens is 487 g/mol. The largest absolute Gasteiger partial charge is 0.416 e. The van der Waals surface area contributed by atoms with Gasteiger partial charge in [-0.25, -0.2) is 4.98 Å². The normalized spacial score (nSPS) is 19.3. The van der Waals surface area contributed by atoms with Gasteiger partial charge in [-0.15, -0.1) is 0 Å². The fourth-order valence-corrected chi connectivity index (χ4v) is 4.92. The highest BCUT2D eigenvalue weighted by Gasteiger charge is 2.33. The molecule has 1 amide bonds. The van der Waals surface area contributed by atoms with Crippen molar-refractivity contribution in [1.29, 1.82) is 0 Å². The zero-order valence-corrected chi connectivity index (χ0v) is 22.6. The Morgan fingerprint density at radius 3 is 2.45 bits per heavy atom. The van der Waals surface area contributed by atoms with Crippen LogP contribution in [-0.2, 0) is 11.0 Å². The van der Waals surface area contributed by atoms with Gasteiger partial charge in [0.15, 0.2) is 0 Å². The molecule has 1 aromatic carbocycles. The van der Waals surface area contributed by atoms with Gasteiger partial charge < -0.3 is 9.88 Å². The van der Waals surface area contributed by atoms with E-state index in [4.69, 9.17) is 0 Å². The highest BCUT2D eigenvalue weighted by Crippen LogP contribution is 2.45. The number of allylic oxidation sites excluding steroid dienone is 9. The minimum absolute atomic E-state index is 0.105. The van der Waals surface area contributed by atoms with Gasteiger partial charge in [0, 0.05) is 18.5 Å². The standard InChI is InChI=1S/C31H36F3N3O/c1-22-20-25(14-15-26(22)31(32,33)34)24(3)36-29(38)13-11-9-7-6-8-10-12-27-23(2)28(16-17-30(27,4)5)37-19-18-35-21-37/h6-15,18-21,24,28H,16-17H2,1-5H3,(H,36,38)/b8-6+,9-7+,12-10+,13-11-. The summed E-state index contributed by atoms with van der Waals surface area (Å²) in [6, 6.07) is 3.82. The monoisotopic (exact) mass is 523 g/mol. The summed E-state index contributed by atoms with van der Waals surface area (Å²) in [6.45, 7) is 9.91. The third-order valence-electron chi connectivity index (χ3n) is 7.06. The SMILES string of the molecule is CC1=C(/C=C/C=C/C=C/C=C\C(=O)NC(C)c2ccc(C(F)(F)F)c(C)c2)C(C)(C)CCC1n1ccnc1. The molecule has 1 aliphatic rings. The van der Waals surface area contributed by atoms with E-state index in [0.717, 1.165) is 18.9 Å². The molecule has 0 fully saturated rings. The average Bonchev–Trinajstić information content (AvgIpc) is 3.36. The first-order valence-corrected chi connectivity index (χ1v) is 12.7. The Hall–Kier alpha value is -3.61. The molecule has 7 heteroatoms. The van der Waals surface area contributed by atoms with Crippen LogP contribution in [0.15, 0.2) is 96.7 Å². The molecule has 202 valence electrons. The Morgan fingerprint density at radius 1 is 1.13 bits per heavy atom. The van der Waals surface area contributed by atoms with Crippen LogP contribution >= 0.6 is 0 Å². The van der Waals surface area contributed by atoms with Crippen LogP contribution < -0.4 is 5.32 Å². The van der Waals surface area contributed by atoms with E-state index in [1.54, 1.807) is 19.1 Å². The zero-order valence-electron chi connectivity index (χ0n) is 22.6. The molecule has 2 unspecified atom stereocenters. The van der Waals surface area contributed by atoms with Crippen molar-refractivity contribution >= 4 is 5.91 Å². The van der Waals surface area contributed by atoms with Crippen LogP contribution in [0.25, 0.3) is 0 Å². The summed E-state index contributed by atoms with van der Waals surface area (Å²) in [5.41, 5.74) is 2.88. The first-order valence-electron chi connectivity index (χ1n) is 12.7. The number of alkyl halides is 3. The van der Waals surface area contributed by atoms with E-state index in [2.05, 4.69) is 41.7 Å². The number of halogens is 3. The van der Waals surface area contributed by atoms with Gasteiger partial charge in [0.1, 0.15) is 0 Å². The molecule has 1 aliphatic carbocycles. The van der Waals surface area contributed by atoms with Crippen LogP contribution in [0.4, 0.5) is 13.2 Å². The second-order valence-corrected chi connectivity index (χ2v) is 10.3. The fraction of sp³-hybridized carbons (Fsp3) is 0.355. The molecule has 0 saturated carbocycles. The number of carbonyl (C=O) groups is 1. The lowest BCUT2D eigenvalue weighted by molar-refractivity contribution is -0.138. The number of nitrogens with zero attached hydrogens (tertiary/aromatic N) is 2. The number of carbonyl (C=O) groups excluding carboxylic acids is 1. The van der Waals surface area contributed by atoms with Crippen molar-refractivity contribution in [1.82, 2.24) is 14.9 Å². The molecule has 0 radical (unpaired) electrons. The summed E-state index contributed by atoms with van der Waals surface area (Å²) in [7, 11) is 0. The summed E-state index contributed by atoms with van der Waals surface area (Å²) < 4.78 is 41.0. The van der Waals surface area contributed by atoms with Crippen molar-refractivity contribution in [3.05, 3.63) is 113 Å². The van der Waals surface area contributed by atoms with Crippen molar-refractivity contribution in [2.24, 2.45) is 5.41 Å². The quantitative estimate of drug-likeness (QED) is 0.282. The Morgan fingerprint density at radius 2 is 1.82 bits per heavy atom. The number of rotatable bonds is 8. The maximum Gasteiger partial charge on any atom is 0.416 e. The molecule has 0 spiro atoms. The number of hydrogen-bond acceptors (Lipinski definition) is 2. The topological polar surface area (TPSA) is 46.9 Å². The van der Waals surface area contributed by atoms with Crippen molar-refractivity contribution < 1.29 is 18.0 Å². The number of amides is 1. The number of nitrogens with one attached hydrogen (secondary N) is 1. The molecule has 0 bridgehead atoms. The highest BCUT2D eigenvalue weighted by molar-refractivity contribution is 5.88. The average molecular weight is 524 g/mol. The van der Waals surface area contributed by atoms with E-state index in [1.165, 1.54) is 36.3 Å². The van der Waals surface area contributed by atoms with E-state index in [9.17, 15) is 18.0 Å². The Bertz CT molecular complexity index is 1260. The second-order valence-electron chi connectivity index (χ2n) is 10.3. The number of imidazole rings is 1. The number of aromatic nitrogens is 2. The first kappa shape index (κ1) is 29.0. The molecule has 1 aromatic heterocycles. The fourth-order valence-electron chi connectivity index (χ4n) is 4.92. The number of benzene rings is 1. The van der Waals surface area contributed by atoms with Gasteiger partial charge in [-0.05, 0) is 67.4 Å². The smallest absolute Gasteiger partial charge is 0.346 e. The molecule has 2 atom stereocenters. The third-order valence-corrected chi connectivity index (χ3v) is 7.06. The lowest BCUT2D eigenvalue weighted by atomic mass is 9.71.